The fourth-order valence-electron chi connectivity index (χ4n) is 1.52. The first-order chi connectivity index (χ1) is 9.32. The first-order valence-electron chi connectivity index (χ1n) is 5.57. The van der Waals surface area contributed by atoms with Crippen molar-refractivity contribution in [2.75, 3.05) is 0 Å². The zero-order valence-electron chi connectivity index (χ0n) is 12.2. The van der Waals surface area contributed by atoms with Crippen LogP contribution in [0, 0.1) is 0 Å². The second-order valence-electron chi connectivity index (χ2n) is 3.90. The van der Waals surface area contributed by atoms with Crippen molar-refractivity contribution in [3.05, 3.63) is 59.7 Å². The summed E-state index contributed by atoms with van der Waals surface area (Å²) >= 11 is 0. The van der Waals surface area contributed by atoms with Crippen molar-refractivity contribution in [1.82, 2.24) is 0 Å². The molecule has 1 aliphatic rings. The van der Waals surface area contributed by atoms with E-state index in [1.54, 1.807) is 30.3 Å². The van der Waals surface area contributed by atoms with E-state index in [1.807, 2.05) is 0 Å². The third-order valence-electron chi connectivity index (χ3n) is 2.40. The molecule has 8 heteroatoms. The van der Waals surface area contributed by atoms with E-state index in [0.717, 1.165) is 6.08 Å². The Bertz CT molecular complexity index is 553. The Morgan fingerprint density at radius 3 is 1.95 bits per heavy atom. The van der Waals surface area contributed by atoms with Crippen LogP contribution in [-0.4, -0.2) is 17.9 Å². The topological polar surface area (TPSA) is 80.3 Å². The van der Waals surface area contributed by atoms with E-state index in [2.05, 4.69) is 0 Å². The molecule has 2 rings (SSSR count). The molecule has 1 aliphatic carbocycles. The van der Waals surface area contributed by atoms with Gasteiger partial charge in [0.2, 0.25) is 0 Å². The molecule has 0 bridgehead atoms. The van der Waals surface area contributed by atoms with Gasteiger partial charge in [0.05, 0.1) is 0 Å². The smallest absolute Gasteiger partial charge is 0.652 e. The molecule has 0 fully saturated rings. The van der Waals surface area contributed by atoms with Crippen molar-refractivity contribution < 1.29 is 87.7 Å². The molecule has 0 unspecified atom stereocenters. The van der Waals surface area contributed by atoms with E-state index in [4.69, 9.17) is 15.0 Å². The predicted molar refractivity (Wildman–Crippen MR) is 63.0 cm³/mol. The Hall–Kier alpha value is -0.500. The molecule has 1 aromatic rings. The van der Waals surface area contributed by atoms with Crippen molar-refractivity contribution >= 4 is 11.9 Å². The Balaban J connectivity index is 0. The number of hydrogen-bond acceptors (Lipinski definition) is 4. The summed E-state index contributed by atoms with van der Waals surface area (Å²) in [5, 5.41) is 16.7. The van der Waals surface area contributed by atoms with E-state index >= 15 is 0 Å². The summed E-state index contributed by atoms with van der Waals surface area (Å²) in [5.74, 6) is -3.03. The number of ketones is 1. The number of carbonyl (C=O) groups excluding carboxylic acids is 2. The minimum Gasteiger partial charge on any atom is -0.652 e. The average Bonchev–Trinajstić information content (AvgIpc) is 2.38. The molecular weight excluding hydrogens is 316 g/mol. The average molecular weight is 326 g/mol. The largest absolute Gasteiger partial charge is 1.00 e. The standard InChI is InChI=1S/C13H10F2O.CH2O3.2Na/c14-13(15)8-6-11(7-9-13)12(16)10-4-2-1-3-5-10;2-1(3)4;;/h1-8H,9H2;(H2,2,3,4);;/q;;2*+1/p-2. The fourth-order valence-corrected chi connectivity index (χ4v) is 1.52. The van der Waals surface area contributed by atoms with Crippen LogP contribution in [0.15, 0.2) is 54.1 Å². The monoisotopic (exact) mass is 326 g/mol. The Kier molecular flexibility index (Phi) is 12.0. The van der Waals surface area contributed by atoms with Crippen LogP contribution in [-0.2, 0) is 0 Å². The van der Waals surface area contributed by atoms with Gasteiger partial charge in [-0.1, -0.05) is 36.4 Å². The van der Waals surface area contributed by atoms with E-state index in [9.17, 15) is 13.6 Å². The second kappa shape index (κ2) is 11.1. The number of carbonyl (C=O) groups is 2. The van der Waals surface area contributed by atoms with Crippen LogP contribution in [0.1, 0.15) is 16.8 Å². The van der Waals surface area contributed by atoms with Gasteiger partial charge < -0.3 is 15.0 Å². The van der Waals surface area contributed by atoms with Crippen LogP contribution < -0.4 is 69.3 Å². The zero-order valence-corrected chi connectivity index (χ0v) is 16.2. The van der Waals surface area contributed by atoms with Crippen LogP contribution in [0.3, 0.4) is 0 Å². The first kappa shape index (κ1) is 23.8. The third-order valence-corrected chi connectivity index (χ3v) is 2.40. The van der Waals surface area contributed by atoms with Gasteiger partial charge in [-0.3, -0.25) is 4.79 Å². The number of hydrogen-bond donors (Lipinski definition) is 0. The fraction of sp³-hybridized carbons (Fsp3) is 0.143. The molecule has 4 nitrogen and oxygen atoms in total. The molecule has 0 saturated heterocycles. The van der Waals surface area contributed by atoms with Crippen LogP contribution in [0.2, 0.25) is 0 Å². The Morgan fingerprint density at radius 1 is 1.05 bits per heavy atom. The molecule has 0 aromatic heterocycles. The van der Waals surface area contributed by atoms with E-state index in [-0.39, 0.29) is 64.9 Å². The van der Waals surface area contributed by atoms with Crippen molar-refractivity contribution in [2.24, 2.45) is 0 Å². The molecule has 0 aliphatic heterocycles. The first-order valence-corrected chi connectivity index (χ1v) is 5.57. The maximum Gasteiger partial charge on any atom is 1.00 e. The molecule has 106 valence electrons. The SMILES string of the molecule is O=C(C1=CCC(F)(F)C=C1)c1ccccc1.O=C([O-])[O-].[Na+].[Na+]. The molecule has 0 spiro atoms. The molecule has 22 heavy (non-hydrogen) atoms. The minimum absolute atomic E-state index is 0. The van der Waals surface area contributed by atoms with E-state index in [0.29, 0.717) is 11.1 Å². The number of alkyl halides is 2. The molecule has 0 amide bonds. The summed E-state index contributed by atoms with van der Waals surface area (Å²) in [6.07, 6.45) is 0.523. The molecule has 0 heterocycles. The van der Waals surface area contributed by atoms with Gasteiger partial charge >= 0.3 is 59.1 Å². The number of rotatable bonds is 2. The number of allylic oxidation sites excluding steroid dienone is 4. The number of benzene rings is 1. The molecule has 0 radical (unpaired) electrons. The van der Waals surface area contributed by atoms with Gasteiger partial charge in [0, 0.05) is 17.6 Å². The van der Waals surface area contributed by atoms with Gasteiger partial charge in [0.1, 0.15) is 0 Å². The number of carboxylic acid groups (broad SMARTS) is 2. The molecule has 1 aromatic carbocycles. The summed E-state index contributed by atoms with van der Waals surface area (Å²) in [5.41, 5.74) is 0.848. The van der Waals surface area contributed by atoms with E-state index in [1.165, 1.54) is 12.2 Å². The molecule has 0 saturated carbocycles. The van der Waals surface area contributed by atoms with E-state index < -0.39 is 18.5 Å². The number of Topliss-reactive ketones (excluding diaryl/α,β-unsaturated/α-hetero) is 1. The van der Waals surface area contributed by atoms with Crippen LogP contribution in [0.25, 0.3) is 0 Å². The van der Waals surface area contributed by atoms with Crippen molar-refractivity contribution in [1.29, 1.82) is 0 Å². The molecule has 0 atom stereocenters. The maximum absolute atomic E-state index is 12.8. The van der Waals surface area contributed by atoms with Gasteiger partial charge in [0.25, 0.3) is 5.92 Å². The second-order valence-corrected chi connectivity index (χ2v) is 3.90. The normalized spacial score (nSPS) is 14.2. The van der Waals surface area contributed by atoms with Crippen molar-refractivity contribution in [3.8, 4) is 0 Å². The van der Waals surface area contributed by atoms with Gasteiger partial charge in [-0.05, 0) is 18.3 Å². The van der Waals surface area contributed by atoms with Gasteiger partial charge in [-0.15, -0.1) is 0 Å². The minimum atomic E-state index is -2.82. The quantitative estimate of drug-likeness (QED) is 0.402. The summed E-state index contributed by atoms with van der Waals surface area (Å²) in [6.45, 7) is 0. The predicted octanol–water partition coefficient (Wildman–Crippen LogP) is -5.05. The Morgan fingerprint density at radius 2 is 1.55 bits per heavy atom. The maximum atomic E-state index is 12.8. The number of halogens is 2. The Labute approximate surface area is 170 Å². The van der Waals surface area contributed by atoms with Gasteiger partial charge in [-0.25, -0.2) is 8.78 Å². The summed E-state index contributed by atoms with van der Waals surface area (Å²) in [6, 6.07) is 8.63. The van der Waals surface area contributed by atoms with Crippen molar-refractivity contribution in [2.45, 2.75) is 12.3 Å². The third kappa shape index (κ3) is 8.82. The summed E-state index contributed by atoms with van der Waals surface area (Å²) in [7, 11) is 0. The van der Waals surface area contributed by atoms with Gasteiger partial charge in [-0.2, -0.15) is 0 Å². The zero-order chi connectivity index (χ0) is 15.2. The van der Waals surface area contributed by atoms with Crippen molar-refractivity contribution in [3.63, 3.8) is 0 Å². The molecule has 0 N–H and O–H groups in total. The van der Waals surface area contributed by atoms with Gasteiger partial charge in [0.15, 0.2) is 5.78 Å². The van der Waals surface area contributed by atoms with Crippen LogP contribution in [0.5, 0.6) is 0 Å². The van der Waals surface area contributed by atoms with Crippen LogP contribution >= 0.6 is 0 Å². The van der Waals surface area contributed by atoms with Crippen LogP contribution in [0.4, 0.5) is 13.6 Å². The summed E-state index contributed by atoms with van der Waals surface area (Å²) in [4.78, 5) is 20.2. The summed E-state index contributed by atoms with van der Waals surface area (Å²) < 4.78 is 25.6. The molecular formula is C14H10F2Na2O4.